The predicted molar refractivity (Wildman–Crippen MR) is 69.7 cm³/mol. The number of alkyl halides is 1. The summed E-state index contributed by atoms with van der Waals surface area (Å²) >= 11 is 8.83. The van der Waals surface area contributed by atoms with E-state index in [1.165, 1.54) is 0 Å². The molecule has 0 saturated heterocycles. The Balaban J connectivity index is 3.26. The van der Waals surface area contributed by atoms with E-state index in [1.807, 2.05) is 19.1 Å². The molecule has 0 bridgehead atoms. The fourth-order valence-electron chi connectivity index (χ4n) is 0.949. The molecule has 0 unspecified atom stereocenters. The molecule has 0 aliphatic rings. The highest BCUT2D eigenvalue weighted by molar-refractivity contribution is 14.1. The lowest BCUT2D eigenvalue weighted by molar-refractivity contribution is 0.102. The van der Waals surface area contributed by atoms with Crippen LogP contribution in [-0.2, 0) is 0 Å². The van der Waals surface area contributed by atoms with Crippen LogP contribution in [0.2, 0.25) is 0 Å². The summed E-state index contributed by atoms with van der Waals surface area (Å²) in [5.74, 6) is 0.103. The van der Waals surface area contributed by atoms with E-state index in [0.29, 0.717) is 5.33 Å². The molecule has 0 heterocycles. The average Bonchev–Trinajstić information content (AvgIpc) is 2.13. The van der Waals surface area contributed by atoms with Crippen LogP contribution in [0.5, 0.6) is 0 Å². The Morgan fingerprint density at radius 2 is 2.15 bits per heavy atom. The highest BCUT2D eigenvalue weighted by Gasteiger charge is 2.11. The van der Waals surface area contributed by atoms with Crippen molar-refractivity contribution in [1.82, 2.24) is 0 Å². The molecule has 70 valence electrons. The van der Waals surface area contributed by atoms with Crippen LogP contribution in [0.4, 0.5) is 0 Å². The van der Waals surface area contributed by atoms with E-state index >= 15 is 0 Å². The van der Waals surface area contributed by atoms with Gasteiger partial charge < -0.3 is 0 Å². The molecular formula is C9H7Br2IO. The van der Waals surface area contributed by atoms with Gasteiger partial charge in [-0.15, -0.1) is 0 Å². The van der Waals surface area contributed by atoms with Crippen molar-refractivity contribution in [2.45, 2.75) is 6.92 Å². The molecule has 0 radical (unpaired) electrons. The lowest BCUT2D eigenvalue weighted by atomic mass is 10.1. The van der Waals surface area contributed by atoms with Crippen molar-refractivity contribution in [3.8, 4) is 0 Å². The van der Waals surface area contributed by atoms with E-state index in [9.17, 15) is 4.79 Å². The molecule has 0 atom stereocenters. The van der Waals surface area contributed by atoms with Crippen LogP contribution in [0.1, 0.15) is 15.9 Å². The first kappa shape index (κ1) is 11.7. The molecule has 0 spiro atoms. The highest BCUT2D eigenvalue weighted by Crippen LogP contribution is 2.26. The van der Waals surface area contributed by atoms with E-state index < -0.39 is 0 Å². The molecular weight excluding hydrogens is 411 g/mol. The number of hydrogen-bond acceptors (Lipinski definition) is 1. The zero-order valence-electron chi connectivity index (χ0n) is 6.90. The van der Waals surface area contributed by atoms with Gasteiger partial charge in [-0.1, -0.05) is 15.9 Å². The summed E-state index contributed by atoms with van der Waals surface area (Å²) in [5, 5.41) is 0.367. The second kappa shape index (κ2) is 4.89. The van der Waals surface area contributed by atoms with Crippen molar-refractivity contribution in [2.24, 2.45) is 0 Å². The van der Waals surface area contributed by atoms with Gasteiger partial charge in [0.25, 0.3) is 0 Å². The number of halogens is 3. The van der Waals surface area contributed by atoms with Gasteiger partial charge in [-0.2, -0.15) is 0 Å². The normalized spacial score (nSPS) is 10.2. The van der Waals surface area contributed by atoms with E-state index in [-0.39, 0.29) is 5.78 Å². The Kier molecular flexibility index (Phi) is 4.38. The van der Waals surface area contributed by atoms with Crippen molar-refractivity contribution in [2.75, 3.05) is 5.33 Å². The van der Waals surface area contributed by atoms with Gasteiger partial charge in [0.05, 0.1) is 5.33 Å². The first-order chi connectivity index (χ1) is 6.07. The van der Waals surface area contributed by atoms with Crippen LogP contribution in [0.25, 0.3) is 0 Å². The number of carbonyl (C=O) groups is 1. The van der Waals surface area contributed by atoms with Gasteiger partial charge in [0.1, 0.15) is 0 Å². The topological polar surface area (TPSA) is 17.1 Å². The van der Waals surface area contributed by atoms with E-state index in [1.54, 1.807) is 0 Å². The van der Waals surface area contributed by atoms with Gasteiger partial charge in [-0.3, -0.25) is 4.79 Å². The van der Waals surface area contributed by atoms with E-state index in [4.69, 9.17) is 0 Å². The quantitative estimate of drug-likeness (QED) is 0.405. The van der Waals surface area contributed by atoms with Gasteiger partial charge in [0, 0.05) is 13.6 Å². The van der Waals surface area contributed by atoms with Crippen LogP contribution >= 0.6 is 54.5 Å². The van der Waals surface area contributed by atoms with Crippen molar-refractivity contribution in [3.05, 3.63) is 31.3 Å². The smallest absolute Gasteiger partial charge is 0.174 e. The Hall–Kier alpha value is 0.580. The Morgan fingerprint density at radius 1 is 1.54 bits per heavy atom. The van der Waals surface area contributed by atoms with Crippen LogP contribution in [0.3, 0.4) is 0 Å². The maximum atomic E-state index is 11.4. The summed E-state index contributed by atoms with van der Waals surface area (Å²) in [6.45, 7) is 2.00. The maximum absolute atomic E-state index is 11.4. The monoisotopic (exact) mass is 416 g/mol. The second-order valence-electron chi connectivity index (χ2n) is 2.59. The summed E-state index contributed by atoms with van der Waals surface area (Å²) < 4.78 is 2.07. The molecule has 1 nitrogen and oxygen atoms in total. The average molecular weight is 418 g/mol. The lowest BCUT2D eigenvalue weighted by Crippen LogP contribution is -2.02. The largest absolute Gasteiger partial charge is 0.293 e. The third-order valence-electron chi connectivity index (χ3n) is 1.74. The van der Waals surface area contributed by atoms with E-state index in [0.717, 1.165) is 19.2 Å². The van der Waals surface area contributed by atoms with Crippen molar-refractivity contribution in [1.29, 1.82) is 0 Å². The zero-order chi connectivity index (χ0) is 10.0. The number of Topliss-reactive ketones (excluding diaryl/α,β-unsaturated/α-hetero) is 1. The van der Waals surface area contributed by atoms with Crippen molar-refractivity contribution < 1.29 is 4.79 Å². The molecule has 1 aromatic carbocycles. The van der Waals surface area contributed by atoms with Gasteiger partial charge in [0.2, 0.25) is 0 Å². The molecule has 0 saturated carbocycles. The Bertz CT molecular complexity index is 350. The molecule has 0 aliphatic carbocycles. The van der Waals surface area contributed by atoms with Gasteiger partial charge in [-0.05, 0) is 63.1 Å². The van der Waals surface area contributed by atoms with Crippen molar-refractivity contribution in [3.63, 3.8) is 0 Å². The molecule has 1 aromatic rings. The summed E-state index contributed by atoms with van der Waals surface area (Å²) in [4.78, 5) is 11.4. The third-order valence-corrected chi connectivity index (χ3v) is 4.44. The SMILES string of the molecule is Cc1c(I)ccc(C(=O)CBr)c1Br. The maximum Gasteiger partial charge on any atom is 0.174 e. The molecule has 13 heavy (non-hydrogen) atoms. The molecule has 1 rings (SSSR count). The minimum absolute atomic E-state index is 0.103. The molecule has 0 aromatic heterocycles. The highest BCUT2D eigenvalue weighted by atomic mass is 127. The summed E-state index contributed by atoms with van der Waals surface area (Å²) in [7, 11) is 0. The van der Waals surface area contributed by atoms with Crippen LogP contribution in [-0.4, -0.2) is 11.1 Å². The van der Waals surface area contributed by atoms with Gasteiger partial charge >= 0.3 is 0 Å². The second-order valence-corrected chi connectivity index (χ2v) is 5.11. The first-order valence-electron chi connectivity index (χ1n) is 3.61. The van der Waals surface area contributed by atoms with Gasteiger partial charge in [0.15, 0.2) is 5.78 Å². The number of rotatable bonds is 2. The molecule has 0 fully saturated rings. The minimum Gasteiger partial charge on any atom is -0.293 e. The standard InChI is InChI=1S/C9H7Br2IO/c1-5-7(12)3-2-6(9(5)11)8(13)4-10/h2-3H,4H2,1H3. The van der Waals surface area contributed by atoms with Gasteiger partial charge in [-0.25, -0.2) is 0 Å². The lowest BCUT2D eigenvalue weighted by Gasteiger charge is -2.06. The number of ketones is 1. The van der Waals surface area contributed by atoms with Crippen LogP contribution in [0, 0.1) is 10.5 Å². The van der Waals surface area contributed by atoms with Crippen LogP contribution < -0.4 is 0 Å². The summed E-state index contributed by atoms with van der Waals surface area (Å²) in [5.41, 5.74) is 1.86. The van der Waals surface area contributed by atoms with Crippen molar-refractivity contribution >= 4 is 60.2 Å². The van der Waals surface area contributed by atoms with E-state index in [2.05, 4.69) is 54.5 Å². The fraction of sp³-hybridized carbons (Fsp3) is 0.222. The van der Waals surface area contributed by atoms with Crippen LogP contribution in [0.15, 0.2) is 16.6 Å². The zero-order valence-corrected chi connectivity index (χ0v) is 12.2. The minimum atomic E-state index is 0.103. The first-order valence-corrected chi connectivity index (χ1v) is 6.61. The summed E-state index contributed by atoms with van der Waals surface area (Å²) in [6, 6.07) is 3.80. The molecule has 0 aliphatic heterocycles. The third kappa shape index (κ3) is 2.53. The Morgan fingerprint density at radius 3 is 2.69 bits per heavy atom. The predicted octanol–water partition coefficient (Wildman–Crippen LogP) is 3.94. The fourth-order valence-corrected chi connectivity index (χ4v) is 2.64. The number of hydrogen-bond donors (Lipinski definition) is 0. The summed E-state index contributed by atoms with van der Waals surface area (Å²) in [6.07, 6.45) is 0. The molecule has 4 heteroatoms. The molecule has 0 amide bonds. The number of carbonyl (C=O) groups excluding carboxylic acids is 1. The number of benzene rings is 1. The molecule has 0 N–H and O–H groups in total. The Labute approximate surface area is 108 Å².